The van der Waals surface area contributed by atoms with Crippen LogP contribution in [0.1, 0.15) is 46.0 Å². The summed E-state index contributed by atoms with van der Waals surface area (Å²) in [4.78, 5) is 45.5. The van der Waals surface area contributed by atoms with Crippen LogP contribution in [0.4, 0.5) is 0 Å². The zero-order valence-corrected chi connectivity index (χ0v) is 12.8. The van der Waals surface area contributed by atoms with Crippen LogP contribution in [0, 0.1) is 0 Å². The van der Waals surface area contributed by atoms with Crippen LogP contribution in [-0.4, -0.2) is 23.5 Å². The van der Waals surface area contributed by atoms with Gasteiger partial charge in [0.15, 0.2) is 0 Å². The Morgan fingerprint density at radius 2 is 1.53 bits per heavy atom. The zero-order chi connectivity index (χ0) is 13.4. The molecule has 1 aromatic carbocycles. The van der Waals surface area contributed by atoms with E-state index in [4.69, 9.17) is 0 Å². The number of cyclic esters (lactones) is 2. The van der Waals surface area contributed by atoms with Gasteiger partial charge in [-0.15, -0.1) is 0 Å². The van der Waals surface area contributed by atoms with Crippen LogP contribution in [0.25, 0.3) is 0 Å². The largest absolute Gasteiger partial charge is 0.386 e. The van der Waals surface area contributed by atoms with E-state index in [9.17, 15) is 19.2 Å². The second kappa shape index (κ2) is 5.70. The van der Waals surface area contributed by atoms with Crippen LogP contribution >= 0.6 is 0 Å². The third kappa shape index (κ3) is 2.79. The quantitative estimate of drug-likeness (QED) is 0.613. The van der Waals surface area contributed by atoms with Gasteiger partial charge in [-0.3, -0.25) is 9.59 Å². The molecule has 96 valence electrons. The molecule has 0 bridgehead atoms. The molecule has 6 heteroatoms. The molecular formula is C13H10O5Zr. The second-order valence-corrected chi connectivity index (χ2v) is 4.14. The first-order valence-corrected chi connectivity index (χ1v) is 5.33. The van der Waals surface area contributed by atoms with Crippen molar-refractivity contribution in [1.29, 1.82) is 0 Å². The van der Waals surface area contributed by atoms with Gasteiger partial charge in [0, 0.05) is 26.2 Å². The number of ketones is 2. The van der Waals surface area contributed by atoms with Crippen molar-refractivity contribution in [2.75, 3.05) is 0 Å². The molecule has 0 fully saturated rings. The van der Waals surface area contributed by atoms with Gasteiger partial charge in [-0.05, 0) is 31.5 Å². The summed E-state index contributed by atoms with van der Waals surface area (Å²) in [5, 5.41) is 0. The number of ether oxygens (including phenoxy) is 1. The number of carbonyl (C=O) groups excluding carboxylic acids is 4. The molecule has 0 amide bonds. The van der Waals surface area contributed by atoms with E-state index in [0.717, 1.165) is 0 Å². The van der Waals surface area contributed by atoms with Gasteiger partial charge < -0.3 is 4.74 Å². The normalized spacial score (nSPS) is 12.8. The van der Waals surface area contributed by atoms with Gasteiger partial charge in [0.1, 0.15) is 17.5 Å². The molecule has 1 heterocycles. The number of fused-ring (bicyclic) bond motifs is 1. The van der Waals surface area contributed by atoms with Crippen LogP contribution in [0.5, 0.6) is 0 Å². The first-order chi connectivity index (χ1) is 8.41. The predicted octanol–water partition coefficient (Wildman–Crippen LogP) is 1.26. The molecule has 5 nitrogen and oxygen atoms in total. The average Bonchev–Trinajstić information content (AvgIpc) is 2.53. The smallest absolute Gasteiger partial charge is 0.346 e. The van der Waals surface area contributed by atoms with Crippen molar-refractivity contribution in [2.45, 2.75) is 19.8 Å². The van der Waals surface area contributed by atoms with Crippen molar-refractivity contribution in [3.63, 3.8) is 0 Å². The standard InChI is InChI=1S/C13H10O5.Zr/c1-6(14)11(7(2)15)8-3-4-9-10(5-8)13(17)18-12(9)16;/h3-5,11H,1-2H3;. The molecule has 19 heavy (non-hydrogen) atoms. The molecule has 0 spiro atoms. The van der Waals surface area contributed by atoms with E-state index in [0.29, 0.717) is 5.56 Å². The first kappa shape index (κ1) is 15.6. The Morgan fingerprint density at radius 1 is 1.00 bits per heavy atom. The first-order valence-electron chi connectivity index (χ1n) is 5.33. The van der Waals surface area contributed by atoms with Gasteiger partial charge >= 0.3 is 11.9 Å². The molecular weight excluding hydrogens is 327 g/mol. The monoisotopic (exact) mass is 336 g/mol. The van der Waals surface area contributed by atoms with E-state index >= 15 is 0 Å². The Labute approximate surface area is 128 Å². The Bertz CT molecular complexity index is 577. The number of benzene rings is 1. The Kier molecular flexibility index (Phi) is 4.69. The number of Topliss-reactive ketones (excluding diaryl/α,β-unsaturated/α-hetero) is 2. The Balaban J connectivity index is 0.00000180. The van der Waals surface area contributed by atoms with Crippen LogP contribution in [0.3, 0.4) is 0 Å². The SMILES string of the molecule is CC(=O)C(C(C)=O)c1ccc2c(c1)C(=O)OC2=O.[Zr]. The van der Waals surface area contributed by atoms with Gasteiger partial charge in [-0.1, -0.05) is 6.07 Å². The molecule has 2 rings (SSSR count). The van der Waals surface area contributed by atoms with E-state index in [-0.39, 0.29) is 48.9 Å². The fourth-order valence-corrected chi connectivity index (χ4v) is 2.04. The van der Waals surface area contributed by atoms with Crippen molar-refractivity contribution in [3.05, 3.63) is 34.9 Å². The topological polar surface area (TPSA) is 77.5 Å². The van der Waals surface area contributed by atoms with Crippen LogP contribution in [-0.2, 0) is 40.5 Å². The molecule has 0 radical (unpaired) electrons. The summed E-state index contributed by atoms with van der Waals surface area (Å²) in [6, 6.07) is 4.26. The van der Waals surface area contributed by atoms with Crippen LogP contribution in [0.2, 0.25) is 0 Å². The second-order valence-electron chi connectivity index (χ2n) is 4.14. The van der Waals surface area contributed by atoms with Crippen LogP contribution in [0.15, 0.2) is 18.2 Å². The fraction of sp³-hybridized carbons (Fsp3) is 0.231. The molecule has 0 saturated carbocycles. The van der Waals surface area contributed by atoms with Gasteiger partial charge in [0.2, 0.25) is 0 Å². The van der Waals surface area contributed by atoms with Crippen molar-refractivity contribution in [3.8, 4) is 0 Å². The summed E-state index contributed by atoms with van der Waals surface area (Å²) < 4.78 is 4.44. The van der Waals surface area contributed by atoms with Gasteiger partial charge in [0.25, 0.3) is 0 Å². The molecule has 0 N–H and O–H groups in total. The maximum Gasteiger partial charge on any atom is 0.346 e. The van der Waals surface area contributed by atoms with Crippen molar-refractivity contribution in [1.82, 2.24) is 0 Å². The van der Waals surface area contributed by atoms with Crippen molar-refractivity contribution >= 4 is 23.5 Å². The van der Waals surface area contributed by atoms with Gasteiger partial charge in [-0.25, -0.2) is 9.59 Å². The summed E-state index contributed by atoms with van der Waals surface area (Å²) in [5.74, 6) is -2.97. The molecule has 0 atom stereocenters. The molecule has 0 aliphatic carbocycles. The minimum absolute atomic E-state index is 0. The van der Waals surface area contributed by atoms with Crippen molar-refractivity contribution in [2.24, 2.45) is 0 Å². The number of carbonyl (C=O) groups is 4. The Morgan fingerprint density at radius 3 is 2.05 bits per heavy atom. The molecule has 0 saturated heterocycles. The van der Waals surface area contributed by atoms with Crippen molar-refractivity contribution < 1.29 is 50.1 Å². The Hall–Kier alpha value is -1.42. The molecule has 1 aromatic rings. The number of rotatable bonds is 3. The number of esters is 2. The van der Waals surface area contributed by atoms with E-state index in [1.165, 1.54) is 32.0 Å². The van der Waals surface area contributed by atoms with E-state index < -0.39 is 17.9 Å². The molecule has 1 aliphatic rings. The number of hydrogen-bond donors (Lipinski definition) is 0. The van der Waals surface area contributed by atoms with E-state index in [1.807, 2.05) is 0 Å². The third-order valence-electron chi connectivity index (χ3n) is 2.82. The van der Waals surface area contributed by atoms with E-state index in [1.54, 1.807) is 0 Å². The summed E-state index contributed by atoms with van der Waals surface area (Å²) >= 11 is 0. The van der Waals surface area contributed by atoms with Crippen LogP contribution < -0.4 is 0 Å². The predicted molar refractivity (Wildman–Crippen MR) is 60.3 cm³/mol. The minimum atomic E-state index is -0.904. The number of hydrogen-bond acceptors (Lipinski definition) is 5. The summed E-state index contributed by atoms with van der Waals surface area (Å²) in [5.41, 5.74) is 0.667. The zero-order valence-electron chi connectivity index (χ0n) is 10.4. The molecule has 1 aliphatic heterocycles. The third-order valence-corrected chi connectivity index (χ3v) is 2.82. The van der Waals surface area contributed by atoms with Gasteiger partial charge in [0.05, 0.1) is 11.1 Å². The summed E-state index contributed by atoms with van der Waals surface area (Å²) in [7, 11) is 0. The summed E-state index contributed by atoms with van der Waals surface area (Å²) in [6.45, 7) is 2.62. The molecule has 0 aromatic heterocycles. The van der Waals surface area contributed by atoms with Gasteiger partial charge in [-0.2, -0.15) is 0 Å². The minimum Gasteiger partial charge on any atom is -0.386 e. The summed E-state index contributed by atoms with van der Waals surface area (Å²) in [6.07, 6.45) is 0. The fourth-order valence-electron chi connectivity index (χ4n) is 2.04. The average molecular weight is 337 g/mol. The maximum atomic E-state index is 11.4. The maximum absolute atomic E-state index is 11.4. The molecule has 0 unspecified atom stereocenters. The van der Waals surface area contributed by atoms with E-state index in [2.05, 4.69) is 4.74 Å².